The van der Waals surface area contributed by atoms with Crippen molar-refractivity contribution in [1.29, 1.82) is 0 Å². The van der Waals surface area contributed by atoms with Crippen LogP contribution in [0.1, 0.15) is 25.7 Å². The number of rotatable bonds is 7. The van der Waals surface area contributed by atoms with E-state index in [1.165, 1.54) is 0 Å². The second kappa shape index (κ2) is 7.57. The maximum Gasteiger partial charge on any atom is 0.326 e. The van der Waals surface area contributed by atoms with Crippen LogP contribution < -0.4 is 21.7 Å². The number of hydrogen-bond acceptors (Lipinski definition) is 4. The lowest BCUT2D eigenvalue weighted by Gasteiger charge is -2.17. The summed E-state index contributed by atoms with van der Waals surface area (Å²) in [6, 6.07) is -1.89. The Morgan fingerprint density at radius 1 is 1.42 bits per heavy atom. The van der Waals surface area contributed by atoms with Crippen LogP contribution in [0.5, 0.6) is 0 Å². The number of carbonyl (C=O) groups excluding carboxylic acids is 2. The molecule has 8 heteroatoms. The monoisotopic (exact) mass is 272 g/mol. The molecule has 0 saturated carbocycles. The molecule has 0 spiro atoms. The van der Waals surface area contributed by atoms with Crippen molar-refractivity contribution in [2.24, 2.45) is 5.73 Å². The topological polar surface area (TPSA) is 134 Å². The summed E-state index contributed by atoms with van der Waals surface area (Å²) in [6.07, 6.45) is 2.31. The standard InChI is InChI=1S/C11H20N4O4/c12-11(19)14-6-2-4-8(10(17)18)15-9(16)7-3-1-5-13-7/h7-8,13H,1-6H2,(H,15,16)(H,17,18)(H3,12,14,19)/t7-,8+/m0/s1. The van der Waals surface area contributed by atoms with Gasteiger partial charge in [-0.25, -0.2) is 9.59 Å². The average molecular weight is 272 g/mol. The second-order valence-electron chi connectivity index (χ2n) is 4.48. The summed E-state index contributed by atoms with van der Waals surface area (Å²) in [4.78, 5) is 33.3. The summed E-state index contributed by atoms with van der Waals surface area (Å²) in [7, 11) is 0. The van der Waals surface area contributed by atoms with Crippen LogP contribution >= 0.6 is 0 Å². The Labute approximate surface area is 111 Å². The van der Waals surface area contributed by atoms with E-state index in [0.29, 0.717) is 6.42 Å². The number of carboxylic acids is 1. The van der Waals surface area contributed by atoms with Gasteiger partial charge < -0.3 is 26.8 Å². The summed E-state index contributed by atoms with van der Waals surface area (Å²) in [5, 5.41) is 16.9. The van der Waals surface area contributed by atoms with Crippen molar-refractivity contribution >= 4 is 17.9 Å². The average Bonchev–Trinajstić information content (AvgIpc) is 2.85. The van der Waals surface area contributed by atoms with E-state index in [9.17, 15) is 14.4 Å². The second-order valence-corrected chi connectivity index (χ2v) is 4.48. The van der Waals surface area contributed by atoms with Crippen LogP contribution in [-0.2, 0) is 9.59 Å². The smallest absolute Gasteiger partial charge is 0.326 e. The Kier molecular flexibility index (Phi) is 6.07. The van der Waals surface area contributed by atoms with E-state index in [1.807, 2.05) is 0 Å². The molecule has 8 nitrogen and oxygen atoms in total. The first kappa shape index (κ1) is 15.2. The quantitative estimate of drug-likeness (QED) is 0.369. The molecule has 1 aliphatic rings. The van der Waals surface area contributed by atoms with Crippen LogP contribution in [0.15, 0.2) is 0 Å². The van der Waals surface area contributed by atoms with Gasteiger partial charge in [-0.2, -0.15) is 0 Å². The molecule has 0 aromatic heterocycles. The summed E-state index contributed by atoms with van der Waals surface area (Å²) in [5.41, 5.74) is 4.89. The number of nitrogens with two attached hydrogens (primary N) is 1. The highest BCUT2D eigenvalue weighted by Crippen LogP contribution is 2.06. The molecule has 108 valence electrons. The fourth-order valence-electron chi connectivity index (χ4n) is 1.96. The van der Waals surface area contributed by atoms with Crippen molar-refractivity contribution in [3.05, 3.63) is 0 Å². The normalized spacial score (nSPS) is 19.7. The molecular formula is C11H20N4O4. The predicted molar refractivity (Wildman–Crippen MR) is 67.4 cm³/mol. The third kappa shape index (κ3) is 5.56. The molecule has 0 aliphatic carbocycles. The molecule has 3 amide bonds. The molecule has 0 unspecified atom stereocenters. The number of carboxylic acid groups (broad SMARTS) is 1. The van der Waals surface area contributed by atoms with E-state index in [-0.39, 0.29) is 24.9 Å². The molecule has 1 rings (SSSR count). The van der Waals surface area contributed by atoms with Gasteiger partial charge in [0.15, 0.2) is 0 Å². The number of aliphatic carboxylic acids is 1. The van der Waals surface area contributed by atoms with Gasteiger partial charge in [-0.3, -0.25) is 4.79 Å². The number of amides is 3. The van der Waals surface area contributed by atoms with Gasteiger partial charge in [0.05, 0.1) is 6.04 Å². The number of hydrogen-bond donors (Lipinski definition) is 5. The van der Waals surface area contributed by atoms with Crippen molar-refractivity contribution in [3.63, 3.8) is 0 Å². The zero-order chi connectivity index (χ0) is 14.3. The highest BCUT2D eigenvalue weighted by molar-refractivity contribution is 5.87. The zero-order valence-electron chi connectivity index (χ0n) is 10.6. The van der Waals surface area contributed by atoms with Gasteiger partial charge in [0, 0.05) is 6.54 Å². The molecule has 0 bridgehead atoms. The first-order chi connectivity index (χ1) is 9.00. The summed E-state index contributed by atoms with van der Waals surface area (Å²) >= 11 is 0. The summed E-state index contributed by atoms with van der Waals surface area (Å²) < 4.78 is 0. The van der Waals surface area contributed by atoms with Crippen molar-refractivity contribution in [3.8, 4) is 0 Å². The van der Waals surface area contributed by atoms with E-state index < -0.39 is 18.0 Å². The number of urea groups is 1. The fourth-order valence-corrected chi connectivity index (χ4v) is 1.96. The minimum absolute atomic E-state index is 0.244. The van der Waals surface area contributed by atoms with Crippen LogP contribution in [0.2, 0.25) is 0 Å². The Morgan fingerprint density at radius 3 is 2.68 bits per heavy atom. The number of primary amides is 1. The third-order valence-corrected chi connectivity index (χ3v) is 2.96. The van der Waals surface area contributed by atoms with Crippen LogP contribution in [-0.4, -0.2) is 48.2 Å². The lowest BCUT2D eigenvalue weighted by atomic mass is 10.1. The molecule has 19 heavy (non-hydrogen) atoms. The molecule has 0 radical (unpaired) electrons. The lowest BCUT2D eigenvalue weighted by molar-refractivity contribution is -0.142. The summed E-state index contributed by atoms with van der Waals surface area (Å²) in [5.74, 6) is -1.36. The first-order valence-electron chi connectivity index (χ1n) is 6.30. The Balaban J connectivity index is 2.33. The predicted octanol–water partition coefficient (Wildman–Crippen LogP) is -1.24. The van der Waals surface area contributed by atoms with Crippen molar-refractivity contribution < 1.29 is 19.5 Å². The fraction of sp³-hybridized carbons (Fsp3) is 0.727. The van der Waals surface area contributed by atoms with E-state index in [0.717, 1.165) is 19.4 Å². The lowest BCUT2D eigenvalue weighted by Crippen LogP contribution is -2.48. The molecule has 2 atom stereocenters. The molecule has 1 heterocycles. The van der Waals surface area contributed by atoms with Crippen LogP contribution in [0.4, 0.5) is 4.79 Å². The van der Waals surface area contributed by atoms with Crippen molar-refractivity contribution in [2.75, 3.05) is 13.1 Å². The number of carbonyl (C=O) groups is 3. The molecule has 1 aliphatic heterocycles. The highest BCUT2D eigenvalue weighted by Gasteiger charge is 2.26. The third-order valence-electron chi connectivity index (χ3n) is 2.96. The minimum Gasteiger partial charge on any atom is -0.480 e. The maximum absolute atomic E-state index is 11.8. The number of nitrogens with one attached hydrogen (secondary N) is 3. The van der Waals surface area contributed by atoms with E-state index in [1.54, 1.807) is 0 Å². The van der Waals surface area contributed by atoms with Gasteiger partial charge in [-0.1, -0.05) is 0 Å². The Hall–Kier alpha value is -1.83. The van der Waals surface area contributed by atoms with E-state index in [2.05, 4.69) is 16.0 Å². The van der Waals surface area contributed by atoms with Crippen molar-refractivity contribution in [2.45, 2.75) is 37.8 Å². The van der Waals surface area contributed by atoms with Gasteiger partial charge in [0.1, 0.15) is 6.04 Å². The summed E-state index contributed by atoms with van der Waals surface area (Å²) in [6.45, 7) is 1.06. The molecule has 1 saturated heterocycles. The van der Waals surface area contributed by atoms with Gasteiger partial charge in [-0.15, -0.1) is 0 Å². The van der Waals surface area contributed by atoms with Crippen LogP contribution in [0.3, 0.4) is 0 Å². The Bertz CT molecular complexity index is 342. The van der Waals surface area contributed by atoms with Crippen LogP contribution in [0, 0.1) is 0 Å². The van der Waals surface area contributed by atoms with E-state index >= 15 is 0 Å². The van der Waals surface area contributed by atoms with E-state index in [4.69, 9.17) is 10.8 Å². The van der Waals surface area contributed by atoms with Gasteiger partial charge >= 0.3 is 12.0 Å². The molecule has 6 N–H and O–H groups in total. The van der Waals surface area contributed by atoms with Gasteiger partial charge in [-0.05, 0) is 32.2 Å². The zero-order valence-corrected chi connectivity index (χ0v) is 10.6. The van der Waals surface area contributed by atoms with Gasteiger partial charge in [0.2, 0.25) is 5.91 Å². The van der Waals surface area contributed by atoms with Gasteiger partial charge in [0.25, 0.3) is 0 Å². The minimum atomic E-state index is -1.08. The van der Waals surface area contributed by atoms with Crippen LogP contribution in [0.25, 0.3) is 0 Å². The molecule has 0 aromatic carbocycles. The first-order valence-corrected chi connectivity index (χ1v) is 6.30. The Morgan fingerprint density at radius 2 is 2.16 bits per heavy atom. The molecular weight excluding hydrogens is 252 g/mol. The maximum atomic E-state index is 11.8. The highest BCUT2D eigenvalue weighted by atomic mass is 16.4. The van der Waals surface area contributed by atoms with Crippen molar-refractivity contribution in [1.82, 2.24) is 16.0 Å². The largest absolute Gasteiger partial charge is 0.480 e. The SMILES string of the molecule is NC(=O)NCCC[C@@H](NC(=O)[C@@H]1CCCN1)C(=O)O. The molecule has 0 aromatic rings. The molecule has 1 fully saturated rings.